The highest BCUT2D eigenvalue weighted by Crippen LogP contribution is 2.24. The van der Waals surface area contributed by atoms with E-state index in [0.717, 1.165) is 31.8 Å². The van der Waals surface area contributed by atoms with E-state index >= 15 is 0 Å². The molecule has 0 aromatic rings. The Morgan fingerprint density at radius 2 is 2.00 bits per heavy atom. The number of piperidine rings is 1. The number of nitrogens with one attached hydrogen (secondary N) is 1. The van der Waals surface area contributed by atoms with Gasteiger partial charge in [-0.2, -0.15) is 0 Å². The van der Waals surface area contributed by atoms with Crippen LogP contribution in [0.25, 0.3) is 0 Å². The zero-order chi connectivity index (χ0) is 15.5. The van der Waals surface area contributed by atoms with E-state index in [1.165, 1.54) is 12.8 Å². The second-order valence-corrected chi connectivity index (χ2v) is 7.28. The molecule has 2 heterocycles. The summed E-state index contributed by atoms with van der Waals surface area (Å²) in [5, 5.41) is 3.08. The second kappa shape index (κ2) is 10.0. The largest absolute Gasteiger partial charge is 0.364 e. The van der Waals surface area contributed by atoms with Crippen molar-refractivity contribution in [3.63, 3.8) is 0 Å². The lowest BCUT2D eigenvalue weighted by atomic mass is 9.93. The molecule has 138 valence electrons. The molecule has 1 amide bonds. The van der Waals surface area contributed by atoms with Gasteiger partial charge in [0, 0.05) is 25.2 Å². The molecule has 2 aliphatic heterocycles. The maximum Gasteiger partial charge on any atom is 0.249 e. The van der Waals surface area contributed by atoms with Crippen LogP contribution >= 0.6 is 24.8 Å². The van der Waals surface area contributed by atoms with E-state index in [-0.39, 0.29) is 48.5 Å². The molecule has 0 aromatic carbocycles. The quantitative estimate of drug-likeness (QED) is 0.777. The van der Waals surface area contributed by atoms with Gasteiger partial charge >= 0.3 is 0 Å². The summed E-state index contributed by atoms with van der Waals surface area (Å²) in [5.41, 5.74) is 5.58. The van der Waals surface area contributed by atoms with E-state index in [4.69, 9.17) is 10.5 Å². The van der Waals surface area contributed by atoms with E-state index in [9.17, 15) is 4.79 Å². The van der Waals surface area contributed by atoms with Gasteiger partial charge in [-0.25, -0.2) is 0 Å². The van der Waals surface area contributed by atoms with Crippen LogP contribution in [-0.2, 0) is 9.53 Å². The van der Waals surface area contributed by atoms with Crippen LogP contribution in [0.2, 0.25) is 0 Å². The first-order chi connectivity index (χ1) is 9.92. The highest BCUT2D eigenvalue weighted by Gasteiger charge is 2.33. The topological polar surface area (TPSA) is 67.6 Å². The smallest absolute Gasteiger partial charge is 0.249 e. The molecule has 2 rings (SSSR count). The zero-order valence-electron chi connectivity index (χ0n) is 14.5. The first-order valence-electron chi connectivity index (χ1n) is 8.30. The van der Waals surface area contributed by atoms with Gasteiger partial charge in [-0.05, 0) is 52.0 Å². The Morgan fingerprint density at radius 1 is 1.30 bits per heavy atom. The Morgan fingerprint density at radius 3 is 2.57 bits per heavy atom. The van der Waals surface area contributed by atoms with Crippen molar-refractivity contribution >= 4 is 30.7 Å². The van der Waals surface area contributed by atoms with Crippen LogP contribution in [0.3, 0.4) is 0 Å². The lowest BCUT2D eigenvalue weighted by molar-refractivity contribution is -0.132. The lowest BCUT2D eigenvalue weighted by Gasteiger charge is -2.43. The highest BCUT2D eigenvalue weighted by molar-refractivity contribution is 5.85. The van der Waals surface area contributed by atoms with Gasteiger partial charge in [-0.15, -0.1) is 24.8 Å². The van der Waals surface area contributed by atoms with Crippen molar-refractivity contribution in [2.75, 3.05) is 26.2 Å². The Kier molecular flexibility index (Phi) is 10.0. The van der Waals surface area contributed by atoms with Crippen LogP contribution in [-0.4, -0.2) is 54.7 Å². The molecule has 3 atom stereocenters. The molecule has 1 unspecified atom stereocenters. The van der Waals surface area contributed by atoms with Gasteiger partial charge in [-0.3, -0.25) is 9.69 Å². The molecule has 7 heteroatoms. The van der Waals surface area contributed by atoms with Crippen LogP contribution in [0.5, 0.6) is 0 Å². The third kappa shape index (κ3) is 6.39. The number of hydrogen-bond acceptors (Lipinski definition) is 4. The van der Waals surface area contributed by atoms with E-state index < -0.39 is 0 Å². The molecule has 0 saturated carbocycles. The number of hydrogen-bond donors (Lipinski definition) is 2. The van der Waals surface area contributed by atoms with Gasteiger partial charge in [-0.1, -0.05) is 6.92 Å². The van der Waals surface area contributed by atoms with E-state index in [1.54, 1.807) is 0 Å². The van der Waals surface area contributed by atoms with Gasteiger partial charge in [0.15, 0.2) is 0 Å². The van der Waals surface area contributed by atoms with Gasteiger partial charge in [0.1, 0.15) is 6.10 Å². The summed E-state index contributed by atoms with van der Waals surface area (Å²) < 4.78 is 5.65. The van der Waals surface area contributed by atoms with Crippen LogP contribution in [0.4, 0.5) is 0 Å². The molecule has 2 fully saturated rings. The Labute approximate surface area is 152 Å². The third-order valence-electron chi connectivity index (χ3n) is 4.87. The second-order valence-electron chi connectivity index (χ2n) is 7.28. The maximum absolute atomic E-state index is 12.2. The average molecular weight is 370 g/mol. The molecule has 0 spiro atoms. The van der Waals surface area contributed by atoms with E-state index in [0.29, 0.717) is 13.1 Å². The van der Waals surface area contributed by atoms with Crippen molar-refractivity contribution in [3.05, 3.63) is 0 Å². The summed E-state index contributed by atoms with van der Waals surface area (Å²) in [6.07, 6.45) is 3.99. The van der Waals surface area contributed by atoms with Crippen molar-refractivity contribution in [2.45, 2.75) is 64.2 Å². The molecule has 23 heavy (non-hydrogen) atoms. The number of likely N-dealkylation sites (tertiary alicyclic amines) is 1. The number of nitrogens with two attached hydrogens (primary N) is 1. The molecule has 2 saturated heterocycles. The number of rotatable bonds is 5. The lowest BCUT2D eigenvalue weighted by Crippen LogP contribution is -2.55. The number of amides is 1. The number of halogens is 2. The molecule has 0 bridgehead atoms. The fourth-order valence-electron chi connectivity index (χ4n) is 3.34. The van der Waals surface area contributed by atoms with Crippen LogP contribution < -0.4 is 11.1 Å². The van der Waals surface area contributed by atoms with Gasteiger partial charge in [0.25, 0.3) is 0 Å². The summed E-state index contributed by atoms with van der Waals surface area (Å²) in [6, 6.07) is 0. The van der Waals surface area contributed by atoms with Crippen molar-refractivity contribution in [3.8, 4) is 0 Å². The molecule has 2 aliphatic rings. The minimum atomic E-state index is -0.311. The number of carbonyl (C=O) groups is 1. The third-order valence-corrected chi connectivity index (χ3v) is 4.87. The molecule has 0 radical (unpaired) electrons. The maximum atomic E-state index is 12.2. The predicted octanol–water partition coefficient (Wildman–Crippen LogP) is 1.96. The van der Waals surface area contributed by atoms with Crippen LogP contribution in [0.15, 0.2) is 0 Å². The molecule has 0 aromatic heterocycles. The average Bonchev–Trinajstić information content (AvgIpc) is 2.94. The minimum absolute atomic E-state index is 0. The van der Waals surface area contributed by atoms with Crippen LogP contribution in [0, 0.1) is 5.92 Å². The Hall–Kier alpha value is -0.0700. The molecule has 0 aliphatic carbocycles. The minimum Gasteiger partial charge on any atom is -0.364 e. The zero-order valence-corrected chi connectivity index (χ0v) is 16.2. The van der Waals surface area contributed by atoms with Crippen molar-refractivity contribution < 1.29 is 9.53 Å². The Bertz CT molecular complexity index is 369. The van der Waals surface area contributed by atoms with Gasteiger partial charge in [0.2, 0.25) is 5.91 Å². The summed E-state index contributed by atoms with van der Waals surface area (Å²) in [4.78, 5) is 14.7. The standard InChI is InChI=1S/C16H31N3O2.2ClH/c1-12-5-4-8-19(10-12)16(2,3)11-18-15(20)14-7-6-13(9-17)21-14;;/h12-14H,4-11,17H2,1-3H3,(H,18,20);2*1H/t12?,13-,14+;;/m1../s1. The van der Waals surface area contributed by atoms with E-state index in [2.05, 4.69) is 31.0 Å². The van der Waals surface area contributed by atoms with Crippen molar-refractivity contribution in [1.82, 2.24) is 10.2 Å². The first kappa shape index (κ1) is 22.9. The molecule has 5 nitrogen and oxygen atoms in total. The molecular formula is C16H33Cl2N3O2. The fourth-order valence-corrected chi connectivity index (χ4v) is 3.34. The first-order valence-corrected chi connectivity index (χ1v) is 8.30. The SMILES string of the molecule is CC1CCCN(C(C)(C)CNC(=O)[C@@H]2CC[C@H](CN)O2)C1.Cl.Cl. The van der Waals surface area contributed by atoms with Crippen molar-refractivity contribution in [2.24, 2.45) is 11.7 Å². The summed E-state index contributed by atoms with van der Waals surface area (Å²) in [7, 11) is 0. The monoisotopic (exact) mass is 369 g/mol. The summed E-state index contributed by atoms with van der Waals surface area (Å²) >= 11 is 0. The fraction of sp³-hybridized carbons (Fsp3) is 0.938. The van der Waals surface area contributed by atoms with Gasteiger partial charge < -0.3 is 15.8 Å². The molecular weight excluding hydrogens is 337 g/mol. The summed E-state index contributed by atoms with van der Waals surface area (Å²) in [6.45, 7) is 10.2. The Balaban J connectivity index is 0.00000242. The number of carbonyl (C=O) groups excluding carboxylic acids is 1. The highest BCUT2D eigenvalue weighted by atomic mass is 35.5. The van der Waals surface area contributed by atoms with Gasteiger partial charge in [0.05, 0.1) is 6.10 Å². The van der Waals surface area contributed by atoms with Crippen molar-refractivity contribution in [1.29, 1.82) is 0 Å². The predicted molar refractivity (Wildman–Crippen MR) is 98.5 cm³/mol. The normalized spacial score (nSPS) is 28.6. The van der Waals surface area contributed by atoms with E-state index in [1.807, 2.05) is 0 Å². The summed E-state index contributed by atoms with van der Waals surface area (Å²) in [5.74, 6) is 0.765. The van der Waals surface area contributed by atoms with Crippen LogP contribution in [0.1, 0.15) is 46.5 Å². The number of ether oxygens (including phenoxy) is 1. The molecule has 3 N–H and O–H groups in total. The number of nitrogens with zero attached hydrogens (tertiary/aromatic N) is 1.